The molecule has 0 bridgehead atoms. The molecule has 0 heterocycles. The molecule has 1 rings (SSSR count). The Morgan fingerprint density at radius 1 is 1.12 bits per heavy atom. The minimum atomic E-state index is 0.0799. The molecule has 1 amide bonds. The Morgan fingerprint density at radius 3 is 2.46 bits per heavy atom. The van der Waals surface area contributed by atoms with Crippen LogP contribution in [-0.2, 0) is 9.59 Å². The van der Waals surface area contributed by atoms with Crippen LogP contribution in [0, 0.1) is 29.6 Å². The summed E-state index contributed by atoms with van der Waals surface area (Å²) in [6.45, 7) is 11.2. The summed E-state index contributed by atoms with van der Waals surface area (Å²) in [6, 6.07) is 0. The normalized spacial score (nSPS) is 26.0. The van der Waals surface area contributed by atoms with Crippen LogP contribution in [0.15, 0.2) is 0 Å². The zero-order valence-corrected chi connectivity index (χ0v) is 16.6. The van der Waals surface area contributed by atoms with E-state index in [0.29, 0.717) is 17.8 Å². The lowest BCUT2D eigenvalue weighted by Gasteiger charge is -2.22. The molecule has 0 saturated heterocycles. The number of ketones is 1. The molecule has 1 aliphatic carbocycles. The molecule has 3 heteroatoms. The number of rotatable bonds is 9. The predicted molar refractivity (Wildman–Crippen MR) is 101 cm³/mol. The van der Waals surface area contributed by atoms with E-state index < -0.39 is 0 Å². The Hall–Kier alpha value is -0.860. The average Bonchev–Trinajstić information content (AvgIpc) is 2.69. The standard InChI is InChI=1S/C21H39NO2/c1-6-18(12-7-9-15(2)3)20(23)14-22-21(24)19-13-16(4)10-8-11-17(19)5/h15-19H,6-14H2,1-5H3,(H,22,24)/t16?,17-,18?,19?/m1/s1. The van der Waals surface area contributed by atoms with E-state index in [4.69, 9.17) is 0 Å². The van der Waals surface area contributed by atoms with Gasteiger partial charge in [0.25, 0.3) is 0 Å². The Morgan fingerprint density at radius 2 is 1.83 bits per heavy atom. The van der Waals surface area contributed by atoms with Crippen molar-refractivity contribution in [3.8, 4) is 0 Å². The highest BCUT2D eigenvalue weighted by Crippen LogP contribution is 2.31. The molecular weight excluding hydrogens is 298 g/mol. The van der Waals surface area contributed by atoms with Crippen LogP contribution in [-0.4, -0.2) is 18.2 Å². The lowest BCUT2D eigenvalue weighted by Crippen LogP contribution is -2.39. The van der Waals surface area contributed by atoms with Crippen molar-refractivity contribution >= 4 is 11.7 Å². The van der Waals surface area contributed by atoms with E-state index in [2.05, 4.69) is 39.9 Å². The third-order valence-electron chi connectivity index (χ3n) is 5.76. The van der Waals surface area contributed by atoms with E-state index in [1.54, 1.807) is 0 Å². The predicted octanol–water partition coefficient (Wildman–Crippen LogP) is 4.99. The van der Waals surface area contributed by atoms with Crippen molar-refractivity contribution in [1.82, 2.24) is 5.32 Å². The van der Waals surface area contributed by atoms with Crippen molar-refractivity contribution in [2.24, 2.45) is 29.6 Å². The van der Waals surface area contributed by atoms with Gasteiger partial charge in [-0.2, -0.15) is 0 Å². The molecule has 0 aromatic heterocycles. The van der Waals surface area contributed by atoms with Crippen LogP contribution in [0.3, 0.4) is 0 Å². The summed E-state index contributed by atoms with van der Waals surface area (Å²) in [6.07, 6.45) is 8.65. The van der Waals surface area contributed by atoms with Gasteiger partial charge in [0.1, 0.15) is 0 Å². The lowest BCUT2D eigenvalue weighted by atomic mass is 9.86. The molecule has 24 heavy (non-hydrogen) atoms. The summed E-state index contributed by atoms with van der Waals surface area (Å²) in [5.74, 6) is 2.23. The number of Topliss-reactive ketones (excluding diaryl/α,β-unsaturated/α-hetero) is 1. The van der Waals surface area contributed by atoms with Crippen molar-refractivity contribution < 1.29 is 9.59 Å². The maximum Gasteiger partial charge on any atom is 0.223 e. The molecule has 0 aromatic carbocycles. The number of nitrogens with one attached hydrogen (secondary N) is 1. The minimum absolute atomic E-state index is 0.0799. The molecule has 0 aliphatic heterocycles. The molecule has 1 saturated carbocycles. The Kier molecular flexibility index (Phi) is 9.61. The number of hydrogen-bond acceptors (Lipinski definition) is 2. The van der Waals surface area contributed by atoms with Gasteiger partial charge >= 0.3 is 0 Å². The summed E-state index contributed by atoms with van der Waals surface area (Å²) >= 11 is 0. The molecule has 1 N–H and O–H groups in total. The number of carbonyl (C=O) groups is 2. The second-order valence-electron chi connectivity index (χ2n) is 8.47. The fraction of sp³-hybridized carbons (Fsp3) is 0.905. The quantitative estimate of drug-likeness (QED) is 0.603. The van der Waals surface area contributed by atoms with Gasteiger partial charge in [0.2, 0.25) is 5.91 Å². The van der Waals surface area contributed by atoms with Crippen LogP contribution in [0.4, 0.5) is 0 Å². The largest absolute Gasteiger partial charge is 0.349 e. The molecule has 0 spiro atoms. The van der Waals surface area contributed by atoms with E-state index in [-0.39, 0.29) is 30.1 Å². The van der Waals surface area contributed by atoms with Crippen LogP contribution < -0.4 is 5.32 Å². The second kappa shape index (κ2) is 10.9. The summed E-state index contributed by atoms with van der Waals surface area (Å²) in [5.41, 5.74) is 0. The number of amides is 1. The highest BCUT2D eigenvalue weighted by molar-refractivity contribution is 5.88. The Balaban J connectivity index is 2.44. The van der Waals surface area contributed by atoms with Crippen LogP contribution in [0.25, 0.3) is 0 Å². The molecule has 1 fully saturated rings. The van der Waals surface area contributed by atoms with Gasteiger partial charge in [0.15, 0.2) is 5.78 Å². The molecule has 3 nitrogen and oxygen atoms in total. The van der Waals surface area contributed by atoms with Crippen LogP contribution in [0.2, 0.25) is 0 Å². The van der Waals surface area contributed by atoms with Crippen molar-refractivity contribution in [2.75, 3.05) is 6.54 Å². The van der Waals surface area contributed by atoms with Crippen molar-refractivity contribution in [3.63, 3.8) is 0 Å². The second-order valence-corrected chi connectivity index (χ2v) is 8.47. The van der Waals surface area contributed by atoms with Gasteiger partial charge in [0, 0.05) is 11.8 Å². The third-order valence-corrected chi connectivity index (χ3v) is 5.76. The maximum absolute atomic E-state index is 12.6. The summed E-state index contributed by atoms with van der Waals surface area (Å²) < 4.78 is 0. The first kappa shape index (κ1) is 21.2. The van der Waals surface area contributed by atoms with Gasteiger partial charge in [-0.15, -0.1) is 0 Å². The molecule has 0 radical (unpaired) electrons. The average molecular weight is 338 g/mol. The van der Waals surface area contributed by atoms with Crippen molar-refractivity contribution in [2.45, 2.75) is 86.0 Å². The summed E-state index contributed by atoms with van der Waals surface area (Å²) in [7, 11) is 0. The minimum Gasteiger partial charge on any atom is -0.349 e. The third kappa shape index (κ3) is 7.36. The molecule has 0 aromatic rings. The SMILES string of the molecule is CCC(CCCC(C)C)C(=O)CNC(=O)C1CC(C)CCC[C@H]1C. The van der Waals surface area contributed by atoms with Crippen LogP contribution >= 0.6 is 0 Å². The molecule has 1 aliphatic rings. The Labute approximate surface area is 149 Å². The van der Waals surface area contributed by atoms with E-state index in [1.165, 1.54) is 19.3 Å². The van der Waals surface area contributed by atoms with Crippen LogP contribution in [0.1, 0.15) is 86.0 Å². The molecule has 4 atom stereocenters. The van der Waals surface area contributed by atoms with Crippen molar-refractivity contribution in [3.05, 3.63) is 0 Å². The first-order valence-corrected chi connectivity index (χ1v) is 10.2. The molecular formula is C21H39NO2. The number of carbonyl (C=O) groups excluding carboxylic acids is 2. The van der Waals surface area contributed by atoms with Gasteiger partial charge < -0.3 is 5.32 Å². The molecule has 140 valence electrons. The zero-order chi connectivity index (χ0) is 18.1. The van der Waals surface area contributed by atoms with Gasteiger partial charge in [-0.25, -0.2) is 0 Å². The Bertz CT molecular complexity index is 391. The fourth-order valence-corrected chi connectivity index (χ4v) is 3.95. The fourth-order valence-electron chi connectivity index (χ4n) is 3.95. The highest BCUT2D eigenvalue weighted by Gasteiger charge is 2.29. The van der Waals surface area contributed by atoms with Gasteiger partial charge in [-0.1, -0.05) is 60.3 Å². The van der Waals surface area contributed by atoms with Crippen molar-refractivity contribution in [1.29, 1.82) is 0 Å². The van der Waals surface area contributed by atoms with E-state index >= 15 is 0 Å². The highest BCUT2D eigenvalue weighted by atomic mass is 16.2. The van der Waals surface area contributed by atoms with Crippen LogP contribution in [0.5, 0.6) is 0 Å². The first-order valence-electron chi connectivity index (χ1n) is 10.2. The van der Waals surface area contributed by atoms with E-state index in [0.717, 1.165) is 32.1 Å². The molecule has 3 unspecified atom stereocenters. The topological polar surface area (TPSA) is 46.2 Å². The smallest absolute Gasteiger partial charge is 0.223 e. The summed E-state index contributed by atoms with van der Waals surface area (Å²) in [4.78, 5) is 25.0. The number of hydrogen-bond donors (Lipinski definition) is 1. The monoisotopic (exact) mass is 337 g/mol. The lowest BCUT2D eigenvalue weighted by molar-refractivity contribution is -0.130. The van der Waals surface area contributed by atoms with Gasteiger partial charge in [-0.3, -0.25) is 9.59 Å². The van der Waals surface area contributed by atoms with E-state index in [1.807, 2.05) is 0 Å². The van der Waals surface area contributed by atoms with Gasteiger partial charge in [0.05, 0.1) is 6.54 Å². The van der Waals surface area contributed by atoms with E-state index in [9.17, 15) is 9.59 Å². The zero-order valence-electron chi connectivity index (χ0n) is 16.6. The first-order chi connectivity index (χ1) is 11.3. The summed E-state index contributed by atoms with van der Waals surface area (Å²) in [5, 5.41) is 2.96. The van der Waals surface area contributed by atoms with Gasteiger partial charge in [-0.05, 0) is 43.4 Å². The maximum atomic E-state index is 12.6.